The molecule has 1 heterocycles. The third kappa shape index (κ3) is 2.61. The Labute approximate surface area is 94.1 Å². The summed E-state index contributed by atoms with van der Waals surface area (Å²) in [5, 5.41) is 8.12. The van der Waals surface area contributed by atoms with Crippen molar-refractivity contribution in [1.82, 2.24) is 4.31 Å². The summed E-state index contributed by atoms with van der Waals surface area (Å²) in [5.41, 5.74) is 0. The van der Waals surface area contributed by atoms with Crippen LogP contribution in [-0.4, -0.2) is 70.5 Å². The summed E-state index contributed by atoms with van der Waals surface area (Å²) in [6.07, 6.45) is 0.125. The van der Waals surface area contributed by atoms with Gasteiger partial charge < -0.3 is 5.11 Å². The highest BCUT2D eigenvalue weighted by Crippen LogP contribution is 2.34. The molecular formula is C5H15B4NO4S. The number of aliphatic hydroxyl groups excluding tert-OH is 1. The molecule has 0 aromatic carbocycles. The third-order valence-electron chi connectivity index (χ3n) is 2.80. The fraction of sp³-hybridized carbons (Fsp3) is 1.00. The lowest BCUT2D eigenvalue weighted by Crippen LogP contribution is -2.69. The second-order valence-electron chi connectivity index (χ2n) is 5.43. The second-order valence-corrected chi connectivity index (χ2v) is 6.69. The SMILES string of the molecule is BC1(B)CC(O)CC(B)(B)N1S(=O)(=O)O. The minimum Gasteiger partial charge on any atom is -0.393 e. The number of hydrogen-bond donors (Lipinski definition) is 2. The Morgan fingerprint density at radius 1 is 1.13 bits per heavy atom. The largest absolute Gasteiger partial charge is 0.393 e. The highest BCUT2D eigenvalue weighted by molar-refractivity contribution is 7.83. The van der Waals surface area contributed by atoms with Crippen LogP contribution in [0.2, 0.25) is 0 Å². The minimum atomic E-state index is -4.24. The molecule has 0 saturated carbocycles. The number of rotatable bonds is 1. The van der Waals surface area contributed by atoms with Crippen molar-refractivity contribution in [2.75, 3.05) is 0 Å². The van der Waals surface area contributed by atoms with E-state index in [1.54, 1.807) is 31.4 Å². The molecule has 0 spiro atoms. The lowest BCUT2D eigenvalue weighted by atomic mass is 9.48. The highest BCUT2D eigenvalue weighted by Gasteiger charge is 2.49. The molecule has 2 N–H and O–H groups in total. The van der Waals surface area contributed by atoms with E-state index < -0.39 is 27.1 Å². The van der Waals surface area contributed by atoms with Crippen LogP contribution in [-0.2, 0) is 10.3 Å². The van der Waals surface area contributed by atoms with Crippen molar-refractivity contribution in [3.8, 4) is 0 Å². The number of piperidine rings is 1. The van der Waals surface area contributed by atoms with Crippen molar-refractivity contribution >= 4 is 41.7 Å². The molecule has 82 valence electrons. The van der Waals surface area contributed by atoms with Gasteiger partial charge in [-0.05, 0) is 23.5 Å². The van der Waals surface area contributed by atoms with Gasteiger partial charge in [0.15, 0.2) is 0 Å². The molecule has 15 heavy (non-hydrogen) atoms. The van der Waals surface area contributed by atoms with Gasteiger partial charge in [-0.25, -0.2) is 0 Å². The van der Waals surface area contributed by atoms with Gasteiger partial charge in [0, 0.05) is 0 Å². The maximum absolute atomic E-state index is 11.3. The predicted molar refractivity (Wildman–Crippen MR) is 68.3 cm³/mol. The van der Waals surface area contributed by atoms with Crippen LogP contribution in [0, 0.1) is 0 Å². The van der Waals surface area contributed by atoms with E-state index in [2.05, 4.69) is 0 Å². The molecule has 1 aliphatic heterocycles. The lowest BCUT2D eigenvalue weighted by Gasteiger charge is -2.52. The normalized spacial score (nSPS) is 27.6. The molecule has 0 amide bonds. The summed E-state index contributed by atoms with van der Waals surface area (Å²) in [4.78, 5) is 0. The average Bonchev–Trinajstić information content (AvgIpc) is 1.71. The Hall–Kier alpha value is 0.0897. The van der Waals surface area contributed by atoms with Crippen molar-refractivity contribution in [3.63, 3.8) is 0 Å². The van der Waals surface area contributed by atoms with Crippen molar-refractivity contribution in [2.45, 2.75) is 29.6 Å². The van der Waals surface area contributed by atoms with Gasteiger partial charge in [0.25, 0.3) is 0 Å². The van der Waals surface area contributed by atoms with E-state index in [9.17, 15) is 18.1 Å². The maximum atomic E-state index is 11.3. The van der Waals surface area contributed by atoms with E-state index in [1.807, 2.05) is 0 Å². The smallest absolute Gasteiger partial charge is 0.334 e. The quantitative estimate of drug-likeness (QED) is 0.348. The molecule has 0 aliphatic carbocycles. The van der Waals surface area contributed by atoms with Crippen LogP contribution in [0.25, 0.3) is 0 Å². The molecule has 1 saturated heterocycles. The summed E-state index contributed by atoms with van der Waals surface area (Å²) in [6.45, 7) is 0. The summed E-state index contributed by atoms with van der Waals surface area (Å²) < 4.78 is 32.9. The molecule has 0 atom stereocenters. The lowest BCUT2D eigenvalue weighted by molar-refractivity contribution is 0.0638. The van der Waals surface area contributed by atoms with Gasteiger partial charge in [-0.1, -0.05) is 0 Å². The monoisotopic (exact) mass is 229 g/mol. The van der Waals surface area contributed by atoms with Crippen molar-refractivity contribution in [1.29, 1.82) is 0 Å². The first kappa shape index (κ1) is 13.2. The summed E-state index contributed by atoms with van der Waals surface area (Å²) in [5.74, 6) is 0. The van der Waals surface area contributed by atoms with Gasteiger partial charge in [0.2, 0.25) is 0 Å². The molecule has 5 nitrogen and oxygen atoms in total. The van der Waals surface area contributed by atoms with Crippen LogP contribution in [0.1, 0.15) is 12.8 Å². The highest BCUT2D eigenvalue weighted by atomic mass is 32.2. The Bertz CT molecular complexity index is 338. The van der Waals surface area contributed by atoms with E-state index in [-0.39, 0.29) is 0 Å². The Morgan fingerprint density at radius 3 is 1.73 bits per heavy atom. The average molecular weight is 228 g/mol. The van der Waals surface area contributed by atoms with Gasteiger partial charge in [-0.15, -0.1) is 0 Å². The first-order valence-corrected chi connectivity index (χ1v) is 6.32. The predicted octanol–water partition coefficient (Wildman–Crippen LogP) is -4.91. The molecule has 1 fully saturated rings. The van der Waals surface area contributed by atoms with Crippen molar-refractivity contribution in [2.24, 2.45) is 0 Å². The number of nitrogens with zero attached hydrogens (tertiary/aromatic N) is 1. The van der Waals surface area contributed by atoms with Gasteiger partial charge >= 0.3 is 10.3 Å². The zero-order chi connectivity index (χ0) is 12.1. The summed E-state index contributed by atoms with van der Waals surface area (Å²) >= 11 is 0. The van der Waals surface area contributed by atoms with Gasteiger partial charge in [-0.3, -0.25) is 4.55 Å². The topological polar surface area (TPSA) is 77.8 Å². The zero-order valence-electron chi connectivity index (χ0n) is 9.56. The van der Waals surface area contributed by atoms with E-state index >= 15 is 0 Å². The van der Waals surface area contributed by atoms with E-state index in [0.717, 1.165) is 4.31 Å². The van der Waals surface area contributed by atoms with Crippen LogP contribution in [0.5, 0.6) is 0 Å². The van der Waals surface area contributed by atoms with Crippen LogP contribution < -0.4 is 0 Å². The molecule has 1 aliphatic rings. The Morgan fingerprint density at radius 2 is 1.47 bits per heavy atom. The number of aliphatic hydroxyl groups is 1. The molecule has 0 aromatic rings. The van der Waals surface area contributed by atoms with Gasteiger partial charge in [0.1, 0.15) is 31.4 Å². The molecule has 1 rings (SSSR count). The first-order chi connectivity index (χ1) is 6.47. The first-order valence-electron chi connectivity index (χ1n) is 4.93. The van der Waals surface area contributed by atoms with Gasteiger partial charge in [-0.2, -0.15) is 12.7 Å². The Balaban J connectivity index is 3.20. The van der Waals surface area contributed by atoms with E-state index in [4.69, 9.17) is 0 Å². The molecule has 0 bridgehead atoms. The molecule has 0 aromatic heterocycles. The third-order valence-corrected chi connectivity index (χ3v) is 4.25. The fourth-order valence-corrected chi connectivity index (χ4v) is 4.23. The molecule has 0 unspecified atom stereocenters. The van der Waals surface area contributed by atoms with Crippen LogP contribution in [0.4, 0.5) is 0 Å². The number of hydrogen-bond acceptors (Lipinski definition) is 3. The van der Waals surface area contributed by atoms with Crippen LogP contribution in [0.3, 0.4) is 0 Å². The van der Waals surface area contributed by atoms with Crippen molar-refractivity contribution in [3.05, 3.63) is 0 Å². The molecule has 10 heteroatoms. The van der Waals surface area contributed by atoms with E-state index in [1.165, 1.54) is 0 Å². The molecule has 0 radical (unpaired) electrons. The van der Waals surface area contributed by atoms with Crippen LogP contribution in [0.15, 0.2) is 0 Å². The fourth-order valence-electron chi connectivity index (χ4n) is 2.84. The minimum absolute atomic E-state index is 0.330. The van der Waals surface area contributed by atoms with Gasteiger partial charge in [0.05, 0.1) is 6.10 Å². The summed E-state index contributed by atoms with van der Waals surface area (Å²) in [6, 6.07) is 0. The maximum Gasteiger partial charge on any atom is 0.334 e. The molecular weight excluding hydrogens is 213 g/mol. The van der Waals surface area contributed by atoms with E-state index in [0.29, 0.717) is 12.8 Å². The Kier molecular flexibility index (Phi) is 3.11. The summed E-state index contributed by atoms with van der Waals surface area (Å²) in [7, 11) is 2.55. The van der Waals surface area contributed by atoms with Crippen LogP contribution >= 0.6 is 0 Å². The second kappa shape index (κ2) is 3.55. The van der Waals surface area contributed by atoms with Crippen molar-refractivity contribution < 1.29 is 18.1 Å². The zero-order valence-corrected chi connectivity index (χ0v) is 10.4. The standard InChI is InChI=1S/C5H15B4NO4S/c6-4(7)1-3(11)2-5(8,9)10(4)15(12,13)14/h3,11H,1-2,6-9H2,(H,12,13,14).